The smallest absolute Gasteiger partial charge is 0.142 e. The van der Waals surface area contributed by atoms with Gasteiger partial charge in [0.2, 0.25) is 0 Å². The minimum absolute atomic E-state index is 0.307. The molecular weight excluding hydrogens is 262 g/mol. The van der Waals surface area contributed by atoms with Gasteiger partial charge in [0.1, 0.15) is 11.9 Å². The Hall–Kier alpha value is -1.26. The van der Waals surface area contributed by atoms with Crippen LogP contribution in [0, 0.1) is 0 Å². The molecule has 1 aliphatic rings. The standard InChI is InChI=1S/C17H29N3O/c1-4-15-13-19-16-12-14(6-7-17(16)21-15)8-10-18-9-5-11-20(2)3/h6-7,12,15,18-19H,4-5,8-11,13H2,1-3H3. The maximum absolute atomic E-state index is 5.93. The molecule has 0 spiro atoms. The van der Waals surface area contributed by atoms with E-state index in [4.69, 9.17) is 4.74 Å². The summed E-state index contributed by atoms with van der Waals surface area (Å²) in [6.45, 7) is 6.34. The number of anilines is 1. The average Bonchev–Trinajstić information content (AvgIpc) is 2.49. The molecule has 0 bridgehead atoms. The second kappa shape index (κ2) is 8.25. The Kier molecular flexibility index (Phi) is 6.33. The van der Waals surface area contributed by atoms with Gasteiger partial charge in [-0.05, 0) is 70.7 Å². The van der Waals surface area contributed by atoms with Gasteiger partial charge in [0, 0.05) is 0 Å². The molecule has 2 rings (SSSR count). The molecule has 4 heteroatoms. The lowest BCUT2D eigenvalue weighted by Gasteiger charge is -2.27. The molecule has 1 aromatic carbocycles. The van der Waals surface area contributed by atoms with E-state index in [2.05, 4.69) is 54.8 Å². The third-order valence-corrected chi connectivity index (χ3v) is 3.86. The van der Waals surface area contributed by atoms with Crippen LogP contribution in [0.5, 0.6) is 5.75 Å². The van der Waals surface area contributed by atoms with Gasteiger partial charge in [0.05, 0.1) is 12.2 Å². The Balaban J connectivity index is 1.73. The van der Waals surface area contributed by atoms with Crippen LogP contribution in [-0.2, 0) is 6.42 Å². The van der Waals surface area contributed by atoms with Crippen LogP contribution in [-0.4, -0.2) is 51.3 Å². The summed E-state index contributed by atoms with van der Waals surface area (Å²) in [5.41, 5.74) is 2.50. The van der Waals surface area contributed by atoms with Crippen LogP contribution in [0.3, 0.4) is 0 Å². The van der Waals surface area contributed by atoms with Crippen molar-refractivity contribution in [3.8, 4) is 5.75 Å². The molecule has 2 N–H and O–H groups in total. The Morgan fingerprint density at radius 1 is 1.33 bits per heavy atom. The molecule has 0 radical (unpaired) electrons. The van der Waals surface area contributed by atoms with Crippen molar-refractivity contribution < 1.29 is 4.74 Å². The maximum atomic E-state index is 5.93. The van der Waals surface area contributed by atoms with Crippen molar-refractivity contribution in [2.75, 3.05) is 45.6 Å². The molecule has 118 valence electrons. The molecule has 4 nitrogen and oxygen atoms in total. The minimum atomic E-state index is 0.307. The lowest BCUT2D eigenvalue weighted by molar-refractivity contribution is 0.202. The highest BCUT2D eigenvalue weighted by Crippen LogP contribution is 2.30. The lowest BCUT2D eigenvalue weighted by atomic mass is 10.1. The summed E-state index contributed by atoms with van der Waals surface area (Å²) in [5, 5.41) is 6.98. The SMILES string of the molecule is CCC1CNc2cc(CCNCCCN(C)C)ccc2O1. The summed E-state index contributed by atoms with van der Waals surface area (Å²) < 4.78 is 5.93. The van der Waals surface area contributed by atoms with E-state index in [1.165, 1.54) is 12.0 Å². The van der Waals surface area contributed by atoms with Crippen molar-refractivity contribution in [3.05, 3.63) is 23.8 Å². The van der Waals surface area contributed by atoms with Crippen molar-refractivity contribution >= 4 is 5.69 Å². The fraction of sp³-hybridized carbons (Fsp3) is 0.647. The number of nitrogens with zero attached hydrogens (tertiary/aromatic N) is 1. The molecule has 1 aliphatic heterocycles. The molecule has 0 aromatic heterocycles. The largest absolute Gasteiger partial charge is 0.486 e. The van der Waals surface area contributed by atoms with Crippen molar-refractivity contribution in [1.29, 1.82) is 0 Å². The number of fused-ring (bicyclic) bond motifs is 1. The second-order valence-electron chi connectivity index (χ2n) is 6.02. The van der Waals surface area contributed by atoms with Gasteiger partial charge in [-0.15, -0.1) is 0 Å². The zero-order valence-corrected chi connectivity index (χ0v) is 13.6. The van der Waals surface area contributed by atoms with Crippen molar-refractivity contribution in [2.45, 2.75) is 32.3 Å². The van der Waals surface area contributed by atoms with Crippen LogP contribution in [0.25, 0.3) is 0 Å². The summed E-state index contributed by atoms with van der Waals surface area (Å²) in [4.78, 5) is 2.22. The van der Waals surface area contributed by atoms with Gasteiger partial charge in [0.15, 0.2) is 0 Å². The molecule has 1 aromatic rings. The second-order valence-corrected chi connectivity index (χ2v) is 6.02. The Morgan fingerprint density at radius 2 is 2.19 bits per heavy atom. The van der Waals surface area contributed by atoms with Crippen LogP contribution in [0.1, 0.15) is 25.3 Å². The first kappa shape index (κ1) is 16.1. The highest BCUT2D eigenvalue weighted by Gasteiger charge is 2.17. The third-order valence-electron chi connectivity index (χ3n) is 3.86. The van der Waals surface area contributed by atoms with Gasteiger partial charge in [-0.2, -0.15) is 0 Å². The van der Waals surface area contributed by atoms with Crippen LogP contribution >= 0.6 is 0 Å². The summed E-state index contributed by atoms with van der Waals surface area (Å²) >= 11 is 0. The van der Waals surface area contributed by atoms with Crippen LogP contribution in [0.15, 0.2) is 18.2 Å². The fourth-order valence-electron chi connectivity index (χ4n) is 2.52. The summed E-state index contributed by atoms with van der Waals surface area (Å²) in [5.74, 6) is 0.996. The molecule has 0 amide bonds. The lowest BCUT2D eigenvalue weighted by Crippen LogP contribution is -2.30. The van der Waals surface area contributed by atoms with E-state index in [0.29, 0.717) is 6.10 Å². The number of hydrogen-bond donors (Lipinski definition) is 2. The number of benzene rings is 1. The van der Waals surface area contributed by atoms with E-state index >= 15 is 0 Å². The average molecular weight is 291 g/mol. The minimum Gasteiger partial charge on any atom is -0.486 e. The molecule has 1 heterocycles. The molecule has 1 unspecified atom stereocenters. The Labute approximate surface area is 128 Å². The Bertz CT molecular complexity index is 434. The Morgan fingerprint density at radius 3 is 2.95 bits per heavy atom. The van der Waals surface area contributed by atoms with Gasteiger partial charge in [-0.25, -0.2) is 0 Å². The van der Waals surface area contributed by atoms with E-state index in [9.17, 15) is 0 Å². The third kappa shape index (κ3) is 5.21. The monoisotopic (exact) mass is 291 g/mol. The summed E-state index contributed by atoms with van der Waals surface area (Å²) in [6.07, 6.45) is 3.62. The highest BCUT2D eigenvalue weighted by molar-refractivity contribution is 5.59. The van der Waals surface area contributed by atoms with Crippen molar-refractivity contribution in [3.63, 3.8) is 0 Å². The first-order valence-electron chi connectivity index (χ1n) is 8.08. The van der Waals surface area contributed by atoms with Crippen LogP contribution in [0.2, 0.25) is 0 Å². The van der Waals surface area contributed by atoms with E-state index in [0.717, 1.165) is 50.5 Å². The predicted octanol–water partition coefficient (Wildman–Crippen LogP) is 2.35. The molecule has 1 atom stereocenters. The quantitative estimate of drug-likeness (QED) is 0.721. The predicted molar refractivity (Wildman–Crippen MR) is 89.4 cm³/mol. The van der Waals surface area contributed by atoms with Crippen LogP contribution < -0.4 is 15.4 Å². The normalized spacial score (nSPS) is 17.2. The van der Waals surface area contributed by atoms with Crippen molar-refractivity contribution in [2.24, 2.45) is 0 Å². The number of hydrogen-bond acceptors (Lipinski definition) is 4. The van der Waals surface area contributed by atoms with Gasteiger partial charge < -0.3 is 20.3 Å². The van der Waals surface area contributed by atoms with Gasteiger partial charge in [-0.1, -0.05) is 13.0 Å². The highest BCUT2D eigenvalue weighted by atomic mass is 16.5. The molecule has 0 saturated carbocycles. The molecule has 0 aliphatic carbocycles. The van der Waals surface area contributed by atoms with Gasteiger partial charge in [0.25, 0.3) is 0 Å². The van der Waals surface area contributed by atoms with Crippen molar-refractivity contribution in [1.82, 2.24) is 10.2 Å². The number of rotatable bonds is 8. The molecule has 0 fully saturated rings. The first-order valence-corrected chi connectivity index (χ1v) is 8.08. The molecule has 21 heavy (non-hydrogen) atoms. The zero-order chi connectivity index (χ0) is 15.1. The van der Waals surface area contributed by atoms with E-state index in [1.807, 2.05) is 0 Å². The number of ether oxygens (including phenoxy) is 1. The molecule has 0 saturated heterocycles. The molecular formula is C17H29N3O. The zero-order valence-electron chi connectivity index (χ0n) is 13.6. The van der Waals surface area contributed by atoms with E-state index in [1.54, 1.807) is 0 Å². The summed E-state index contributed by atoms with van der Waals surface area (Å²) in [7, 11) is 4.23. The maximum Gasteiger partial charge on any atom is 0.142 e. The van der Waals surface area contributed by atoms with E-state index < -0.39 is 0 Å². The topological polar surface area (TPSA) is 36.5 Å². The fourth-order valence-corrected chi connectivity index (χ4v) is 2.52. The first-order chi connectivity index (χ1) is 10.2. The van der Waals surface area contributed by atoms with E-state index in [-0.39, 0.29) is 0 Å². The van der Waals surface area contributed by atoms with Gasteiger partial charge in [-0.3, -0.25) is 0 Å². The number of nitrogens with one attached hydrogen (secondary N) is 2. The van der Waals surface area contributed by atoms with Crippen LogP contribution in [0.4, 0.5) is 5.69 Å². The van der Waals surface area contributed by atoms with Gasteiger partial charge >= 0.3 is 0 Å². The summed E-state index contributed by atoms with van der Waals surface area (Å²) in [6, 6.07) is 6.51.